The van der Waals surface area contributed by atoms with Crippen LogP contribution in [0.3, 0.4) is 0 Å². The van der Waals surface area contributed by atoms with Crippen LogP contribution in [0.15, 0.2) is 18.2 Å². The van der Waals surface area contributed by atoms with Gasteiger partial charge in [0.1, 0.15) is 0 Å². The molecule has 0 spiro atoms. The number of ketones is 1. The molecule has 1 aromatic rings. The van der Waals surface area contributed by atoms with Crippen molar-refractivity contribution in [2.75, 3.05) is 6.54 Å². The van der Waals surface area contributed by atoms with Gasteiger partial charge < -0.3 is 5.32 Å². The van der Waals surface area contributed by atoms with Crippen LogP contribution in [-0.4, -0.2) is 18.4 Å². The van der Waals surface area contributed by atoms with Crippen molar-refractivity contribution in [3.05, 3.63) is 33.8 Å². The number of halogens is 2. The second kappa shape index (κ2) is 4.52. The van der Waals surface area contributed by atoms with E-state index in [0.717, 1.165) is 19.4 Å². The Morgan fingerprint density at radius 3 is 2.80 bits per heavy atom. The largest absolute Gasteiger partial charge is 0.307 e. The molecule has 2 nitrogen and oxygen atoms in total. The molecule has 0 amide bonds. The molecule has 4 heteroatoms. The van der Waals surface area contributed by atoms with Crippen molar-refractivity contribution in [1.82, 2.24) is 5.32 Å². The number of Topliss-reactive ketones (excluding diaryl/α,β-unsaturated/α-hetero) is 1. The Bertz CT molecular complexity index is 386. The van der Waals surface area contributed by atoms with Crippen LogP contribution in [0.1, 0.15) is 23.2 Å². The molecule has 0 aromatic heterocycles. The molecule has 1 N–H and O–H groups in total. The van der Waals surface area contributed by atoms with E-state index in [1.165, 1.54) is 0 Å². The first-order valence-electron chi connectivity index (χ1n) is 4.91. The van der Waals surface area contributed by atoms with Gasteiger partial charge in [0.05, 0.1) is 11.1 Å². The van der Waals surface area contributed by atoms with Gasteiger partial charge in [-0.05, 0) is 37.6 Å². The predicted octanol–water partition coefficient (Wildman–Crippen LogP) is 2.93. The minimum atomic E-state index is -0.0799. The number of benzene rings is 1. The Labute approximate surface area is 98.6 Å². The van der Waals surface area contributed by atoms with E-state index in [1.807, 2.05) is 0 Å². The number of carbonyl (C=O) groups excluding carboxylic acids is 1. The van der Waals surface area contributed by atoms with Crippen molar-refractivity contribution >= 4 is 29.0 Å². The van der Waals surface area contributed by atoms with Gasteiger partial charge in [-0.1, -0.05) is 23.2 Å². The zero-order valence-corrected chi connectivity index (χ0v) is 9.61. The molecule has 1 aliphatic heterocycles. The van der Waals surface area contributed by atoms with Crippen LogP contribution in [-0.2, 0) is 0 Å². The lowest BCUT2D eigenvalue weighted by molar-refractivity contribution is 0.0952. The zero-order chi connectivity index (χ0) is 10.8. The first kappa shape index (κ1) is 10.9. The number of carbonyl (C=O) groups is 1. The number of hydrogen-bond acceptors (Lipinski definition) is 2. The number of nitrogens with one attached hydrogen (secondary N) is 1. The highest BCUT2D eigenvalue weighted by Gasteiger charge is 2.24. The summed E-state index contributed by atoms with van der Waals surface area (Å²) in [5.41, 5.74) is 0.556. The Morgan fingerprint density at radius 1 is 1.40 bits per heavy atom. The van der Waals surface area contributed by atoms with Crippen LogP contribution < -0.4 is 5.32 Å². The quantitative estimate of drug-likeness (QED) is 0.810. The third-order valence-electron chi connectivity index (χ3n) is 2.57. The molecule has 15 heavy (non-hydrogen) atoms. The van der Waals surface area contributed by atoms with Crippen molar-refractivity contribution < 1.29 is 4.79 Å². The van der Waals surface area contributed by atoms with Crippen LogP contribution in [0.25, 0.3) is 0 Å². The fraction of sp³-hybridized carbons (Fsp3) is 0.364. The third-order valence-corrected chi connectivity index (χ3v) is 3.12. The minimum absolute atomic E-state index is 0.0640. The third kappa shape index (κ3) is 2.33. The molecular weight excluding hydrogens is 233 g/mol. The molecule has 1 aromatic carbocycles. The van der Waals surface area contributed by atoms with Gasteiger partial charge >= 0.3 is 0 Å². The summed E-state index contributed by atoms with van der Waals surface area (Å²) in [5, 5.41) is 4.14. The second-order valence-electron chi connectivity index (χ2n) is 3.64. The summed E-state index contributed by atoms with van der Waals surface area (Å²) in [4.78, 5) is 12.0. The van der Waals surface area contributed by atoms with Crippen molar-refractivity contribution in [3.63, 3.8) is 0 Å². The van der Waals surface area contributed by atoms with Crippen molar-refractivity contribution in [2.45, 2.75) is 18.9 Å². The molecule has 0 saturated carbocycles. The molecule has 80 valence electrons. The maximum Gasteiger partial charge on any atom is 0.181 e. The Kier molecular flexibility index (Phi) is 3.29. The molecule has 1 heterocycles. The Morgan fingerprint density at radius 2 is 2.20 bits per heavy atom. The summed E-state index contributed by atoms with van der Waals surface area (Å²) >= 11 is 11.7. The monoisotopic (exact) mass is 243 g/mol. The van der Waals surface area contributed by atoms with E-state index >= 15 is 0 Å². The lowest BCUT2D eigenvalue weighted by Gasteiger charge is -2.10. The van der Waals surface area contributed by atoms with Crippen LogP contribution in [0.5, 0.6) is 0 Å². The molecule has 2 rings (SSSR count). The molecule has 1 saturated heterocycles. The molecule has 0 aliphatic carbocycles. The van der Waals surface area contributed by atoms with Gasteiger partial charge in [-0.3, -0.25) is 4.79 Å². The predicted molar refractivity (Wildman–Crippen MR) is 61.8 cm³/mol. The van der Waals surface area contributed by atoms with E-state index in [2.05, 4.69) is 5.32 Å². The first-order valence-corrected chi connectivity index (χ1v) is 5.67. The smallest absolute Gasteiger partial charge is 0.181 e. The van der Waals surface area contributed by atoms with Crippen molar-refractivity contribution in [3.8, 4) is 0 Å². The lowest BCUT2D eigenvalue weighted by Crippen LogP contribution is -2.30. The Balaban J connectivity index is 2.24. The summed E-state index contributed by atoms with van der Waals surface area (Å²) in [6.07, 6.45) is 1.93. The van der Waals surface area contributed by atoms with Crippen molar-refractivity contribution in [2.24, 2.45) is 0 Å². The molecule has 1 unspecified atom stereocenters. The summed E-state index contributed by atoms with van der Waals surface area (Å²) in [6.45, 7) is 0.904. The molecule has 1 atom stereocenters. The van der Waals surface area contributed by atoms with Crippen LogP contribution in [0.4, 0.5) is 0 Å². The standard InChI is InChI=1S/C11H11Cl2NO/c12-7-3-4-8(9(13)6-7)11(15)10-2-1-5-14-10/h3-4,6,10,14H,1-2,5H2. The Hall–Kier alpha value is -0.570. The highest BCUT2D eigenvalue weighted by Crippen LogP contribution is 2.23. The number of hydrogen-bond donors (Lipinski definition) is 1. The fourth-order valence-corrected chi connectivity index (χ4v) is 2.29. The van der Waals surface area contributed by atoms with Gasteiger partial charge in [-0.2, -0.15) is 0 Å². The highest BCUT2D eigenvalue weighted by atomic mass is 35.5. The van der Waals surface area contributed by atoms with E-state index in [0.29, 0.717) is 15.6 Å². The summed E-state index contributed by atoms with van der Waals surface area (Å²) in [5.74, 6) is 0.0640. The highest BCUT2D eigenvalue weighted by molar-refractivity contribution is 6.37. The molecule has 1 fully saturated rings. The SMILES string of the molecule is O=C(c1ccc(Cl)cc1Cl)C1CCCN1. The van der Waals surface area contributed by atoms with Crippen LogP contribution in [0.2, 0.25) is 10.0 Å². The zero-order valence-electron chi connectivity index (χ0n) is 8.09. The van der Waals surface area contributed by atoms with Gasteiger partial charge in [0.15, 0.2) is 5.78 Å². The van der Waals surface area contributed by atoms with E-state index in [-0.39, 0.29) is 11.8 Å². The van der Waals surface area contributed by atoms with Gasteiger partial charge in [0, 0.05) is 10.6 Å². The molecular formula is C11H11Cl2NO. The van der Waals surface area contributed by atoms with Gasteiger partial charge in [0.2, 0.25) is 0 Å². The van der Waals surface area contributed by atoms with E-state index < -0.39 is 0 Å². The molecule has 1 aliphatic rings. The van der Waals surface area contributed by atoms with E-state index in [4.69, 9.17) is 23.2 Å². The summed E-state index contributed by atoms with van der Waals surface area (Å²) in [6, 6.07) is 4.90. The average Bonchev–Trinajstić information content (AvgIpc) is 2.69. The van der Waals surface area contributed by atoms with Crippen molar-refractivity contribution in [1.29, 1.82) is 0 Å². The van der Waals surface area contributed by atoms with Crippen LogP contribution >= 0.6 is 23.2 Å². The van der Waals surface area contributed by atoms with E-state index in [1.54, 1.807) is 18.2 Å². The number of rotatable bonds is 2. The maximum absolute atomic E-state index is 12.0. The molecule has 0 radical (unpaired) electrons. The topological polar surface area (TPSA) is 29.1 Å². The normalized spacial score (nSPS) is 20.5. The van der Waals surface area contributed by atoms with Crippen LogP contribution in [0, 0.1) is 0 Å². The second-order valence-corrected chi connectivity index (χ2v) is 4.48. The minimum Gasteiger partial charge on any atom is -0.307 e. The summed E-state index contributed by atoms with van der Waals surface area (Å²) in [7, 11) is 0. The molecule has 0 bridgehead atoms. The fourth-order valence-electron chi connectivity index (χ4n) is 1.79. The lowest BCUT2D eigenvalue weighted by atomic mass is 10.0. The van der Waals surface area contributed by atoms with Gasteiger partial charge in [0.25, 0.3) is 0 Å². The van der Waals surface area contributed by atoms with Gasteiger partial charge in [-0.15, -0.1) is 0 Å². The maximum atomic E-state index is 12.0. The average molecular weight is 244 g/mol. The van der Waals surface area contributed by atoms with E-state index in [9.17, 15) is 4.79 Å². The summed E-state index contributed by atoms with van der Waals surface area (Å²) < 4.78 is 0. The van der Waals surface area contributed by atoms with Gasteiger partial charge in [-0.25, -0.2) is 0 Å². The first-order chi connectivity index (χ1) is 7.18.